The standard InChI is InChI=1S/C12H21ClN4O/c1-2-6-17-12(10-14-15-17)16-7-3-11(4-8-16)18-9-5-13/h10-11H,2-9H2,1H3. The molecule has 2 rings (SSSR count). The molecule has 5 nitrogen and oxygen atoms in total. The minimum atomic E-state index is 0.357. The van der Waals surface area contributed by atoms with E-state index < -0.39 is 0 Å². The lowest BCUT2D eigenvalue weighted by Gasteiger charge is -2.33. The normalized spacial score (nSPS) is 17.3. The molecule has 0 radical (unpaired) electrons. The van der Waals surface area contributed by atoms with Gasteiger partial charge in [0.2, 0.25) is 0 Å². The van der Waals surface area contributed by atoms with Gasteiger partial charge in [-0.25, -0.2) is 4.68 Å². The van der Waals surface area contributed by atoms with Crippen molar-refractivity contribution in [3.8, 4) is 0 Å². The van der Waals surface area contributed by atoms with E-state index in [1.807, 2.05) is 10.9 Å². The molecule has 1 aliphatic rings. The zero-order chi connectivity index (χ0) is 12.8. The molecular formula is C12H21ClN4O. The maximum absolute atomic E-state index is 5.68. The van der Waals surface area contributed by atoms with E-state index in [4.69, 9.17) is 16.3 Å². The molecule has 18 heavy (non-hydrogen) atoms. The largest absolute Gasteiger partial charge is 0.377 e. The quantitative estimate of drug-likeness (QED) is 0.742. The lowest BCUT2D eigenvalue weighted by molar-refractivity contribution is 0.0470. The fourth-order valence-electron chi connectivity index (χ4n) is 2.33. The highest BCUT2D eigenvalue weighted by Gasteiger charge is 2.22. The van der Waals surface area contributed by atoms with Crippen LogP contribution in [0.5, 0.6) is 0 Å². The number of alkyl halides is 1. The van der Waals surface area contributed by atoms with E-state index in [1.165, 1.54) is 0 Å². The first-order chi connectivity index (χ1) is 8.85. The Morgan fingerprint density at radius 1 is 1.44 bits per heavy atom. The molecule has 0 amide bonds. The summed E-state index contributed by atoms with van der Waals surface area (Å²) in [6.45, 7) is 5.74. The second kappa shape index (κ2) is 6.95. The van der Waals surface area contributed by atoms with E-state index in [2.05, 4.69) is 22.1 Å². The number of aryl methyl sites for hydroxylation is 1. The van der Waals surface area contributed by atoms with Gasteiger partial charge in [0, 0.05) is 25.5 Å². The van der Waals surface area contributed by atoms with Crippen molar-refractivity contribution in [3.05, 3.63) is 6.20 Å². The lowest BCUT2D eigenvalue weighted by Crippen LogP contribution is -2.38. The van der Waals surface area contributed by atoms with Gasteiger partial charge in [0.15, 0.2) is 0 Å². The summed E-state index contributed by atoms with van der Waals surface area (Å²) in [7, 11) is 0. The van der Waals surface area contributed by atoms with Gasteiger partial charge in [0.1, 0.15) is 5.82 Å². The van der Waals surface area contributed by atoms with Crippen LogP contribution < -0.4 is 4.90 Å². The van der Waals surface area contributed by atoms with Crippen molar-refractivity contribution in [1.29, 1.82) is 0 Å². The first-order valence-corrected chi connectivity index (χ1v) is 7.19. The van der Waals surface area contributed by atoms with Gasteiger partial charge in [-0.1, -0.05) is 12.1 Å². The molecule has 2 heterocycles. The average Bonchev–Trinajstić information content (AvgIpc) is 2.86. The number of hydrogen-bond donors (Lipinski definition) is 0. The third-order valence-electron chi connectivity index (χ3n) is 3.23. The molecule has 1 aromatic rings. The Hall–Kier alpha value is -0.810. The first-order valence-electron chi connectivity index (χ1n) is 6.66. The number of nitrogens with zero attached hydrogens (tertiary/aromatic N) is 4. The van der Waals surface area contributed by atoms with E-state index in [0.717, 1.165) is 44.7 Å². The predicted octanol–water partition coefficient (Wildman–Crippen LogP) is 1.91. The van der Waals surface area contributed by atoms with Crippen LogP contribution in [-0.2, 0) is 11.3 Å². The molecule has 0 atom stereocenters. The van der Waals surface area contributed by atoms with Crippen molar-refractivity contribution in [3.63, 3.8) is 0 Å². The van der Waals surface area contributed by atoms with Crippen molar-refractivity contribution in [2.24, 2.45) is 0 Å². The van der Waals surface area contributed by atoms with Crippen LogP contribution in [0.15, 0.2) is 6.20 Å². The Labute approximate surface area is 113 Å². The van der Waals surface area contributed by atoms with Crippen molar-refractivity contribution < 1.29 is 4.74 Å². The number of ether oxygens (including phenoxy) is 1. The van der Waals surface area contributed by atoms with Crippen LogP contribution in [0.3, 0.4) is 0 Å². The average molecular weight is 273 g/mol. The van der Waals surface area contributed by atoms with Gasteiger partial charge < -0.3 is 9.64 Å². The van der Waals surface area contributed by atoms with Gasteiger partial charge in [-0.2, -0.15) is 0 Å². The second-order valence-electron chi connectivity index (χ2n) is 4.56. The van der Waals surface area contributed by atoms with Crippen molar-refractivity contribution in [2.45, 2.75) is 38.8 Å². The molecule has 0 bridgehead atoms. The summed E-state index contributed by atoms with van der Waals surface area (Å²) >= 11 is 5.63. The molecule has 0 aliphatic carbocycles. The van der Waals surface area contributed by atoms with Crippen molar-refractivity contribution in [1.82, 2.24) is 15.0 Å². The molecule has 1 aliphatic heterocycles. The molecule has 0 aromatic carbocycles. The second-order valence-corrected chi connectivity index (χ2v) is 4.94. The number of halogens is 1. The Morgan fingerprint density at radius 3 is 2.89 bits per heavy atom. The first kappa shape index (κ1) is 13.6. The van der Waals surface area contributed by atoms with Crippen LogP contribution in [0.2, 0.25) is 0 Å². The summed E-state index contributed by atoms with van der Waals surface area (Å²) in [5, 5.41) is 8.13. The van der Waals surface area contributed by atoms with Gasteiger partial charge in [-0.05, 0) is 19.3 Å². The molecule has 0 spiro atoms. The molecule has 0 unspecified atom stereocenters. The minimum absolute atomic E-state index is 0.357. The summed E-state index contributed by atoms with van der Waals surface area (Å²) in [6, 6.07) is 0. The SMILES string of the molecule is CCCn1nncc1N1CCC(OCCCl)CC1. The smallest absolute Gasteiger partial charge is 0.147 e. The van der Waals surface area contributed by atoms with Gasteiger partial charge in [0.05, 0.1) is 18.9 Å². The van der Waals surface area contributed by atoms with E-state index in [9.17, 15) is 0 Å². The molecular weight excluding hydrogens is 252 g/mol. The van der Waals surface area contributed by atoms with E-state index >= 15 is 0 Å². The highest BCUT2D eigenvalue weighted by molar-refractivity contribution is 6.17. The van der Waals surface area contributed by atoms with Crippen LogP contribution >= 0.6 is 11.6 Å². The van der Waals surface area contributed by atoms with Crippen molar-refractivity contribution >= 4 is 17.4 Å². The number of hydrogen-bond acceptors (Lipinski definition) is 4. The molecule has 0 N–H and O–H groups in total. The fraction of sp³-hybridized carbons (Fsp3) is 0.833. The maximum Gasteiger partial charge on any atom is 0.147 e. The van der Waals surface area contributed by atoms with Gasteiger partial charge in [-0.15, -0.1) is 16.7 Å². The molecule has 1 aromatic heterocycles. The Kier molecular flexibility index (Phi) is 5.26. The molecule has 102 valence electrons. The Balaban J connectivity index is 1.86. The van der Waals surface area contributed by atoms with E-state index in [0.29, 0.717) is 18.6 Å². The van der Waals surface area contributed by atoms with Gasteiger partial charge in [0.25, 0.3) is 0 Å². The number of aromatic nitrogens is 3. The summed E-state index contributed by atoms with van der Waals surface area (Å²) in [5.74, 6) is 1.71. The topological polar surface area (TPSA) is 43.2 Å². The zero-order valence-electron chi connectivity index (χ0n) is 10.9. The van der Waals surface area contributed by atoms with Crippen LogP contribution in [0.1, 0.15) is 26.2 Å². The van der Waals surface area contributed by atoms with Gasteiger partial charge in [-0.3, -0.25) is 0 Å². The maximum atomic E-state index is 5.68. The number of piperidine rings is 1. The highest BCUT2D eigenvalue weighted by atomic mass is 35.5. The number of anilines is 1. The summed E-state index contributed by atoms with van der Waals surface area (Å²) in [5.41, 5.74) is 0. The molecule has 1 fully saturated rings. The number of rotatable bonds is 6. The van der Waals surface area contributed by atoms with Crippen molar-refractivity contribution in [2.75, 3.05) is 30.5 Å². The highest BCUT2D eigenvalue weighted by Crippen LogP contribution is 2.20. The fourth-order valence-corrected chi connectivity index (χ4v) is 2.42. The van der Waals surface area contributed by atoms with Crippen LogP contribution in [0, 0.1) is 0 Å². The Morgan fingerprint density at radius 2 is 2.22 bits per heavy atom. The monoisotopic (exact) mass is 272 g/mol. The lowest BCUT2D eigenvalue weighted by atomic mass is 10.1. The predicted molar refractivity (Wildman–Crippen MR) is 72.2 cm³/mol. The van der Waals surface area contributed by atoms with Crippen LogP contribution in [-0.4, -0.2) is 46.7 Å². The third-order valence-corrected chi connectivity index (χ3v) is 3.38. The van der Waals surface area contributed by atoms with Crippen LogP contribution in [0.25, 0.3) is 0 Å². The van der Waals surface area contributed by atoms with E-state index in [1.54, 1.807) is 0 Å². The summed E-state index contributed by atoms with van der Waals surface area (Å²) in [4.78, 5) is 2.34. The molecule has 1 saturated heterocycles. The molecule has 0 saturated carbocycles. The summed E-state index contributed by atoms with van der Waals surface area (Å²) < 4.78 is 7.66. The minimum Gasteiger partial charge on any atom is -0.377 e. The zero-order valence-corrected chi connectivity index (χ0v) is 11.6. The van der Waals surface area contributed by atoms with Gasteiger partial charge >= 0.3 is 0 Å². The molecule has 6 heteroatoms. The third kappa shape index (κ3) is 3.36. The van der Waals surface area contributed by atoms with E-state index in [-0.39, 0.29) is 0 Å². The van der Waals surface area contributed by atoms with Crippen LogP contribution in [0.4, 0.5) is 5.82 Å². The summed E-state index contributed by atoms with van der Waals surface area (Å²) in [6.07, 6.45) is 5.39. The Bertz CT molecular complexity index is 350.